The molecule has 0 aliphatic rings. The molecule has 1 N–H and O–H groups in total. The number of hydrogen-bond donors (Lipinski definition) is 1. The quantitative estimate of drug-likeness (QED) is 0.312. The van der Waals surface area contributed by atoms with Gasteiger partial charge in [-0.25, -0.2) is 0 Å². The third-order valence-electron chi connectivity index (χ3n) is 4.33. The molecule has 0 heterocycles. The average molecular weight is 449 g/mol. The molecule has 0 bridgehead atoms. The second kappa shape index (κ2) is 18.7. The van der Waals surface area contributed by atoms with Crippen LogP contribution in [0.4, 0.5) is 0 Å². The lowest BCUT2D eigenvalue weighted by Crippen LogP contribution is -2.24. The van der Waals surface area contributed by atoms with Gasteiger partial charge >= 0.3 is 0 Å². The monoisotopic (exact) mass is 448 g/mol. The summed E-state index contributed by atoms with van der Waals surface area (Å²) in [6.45, 7) is 5.44. The van der Waals surface area contributed by atoms with E-state index < -0.39 is 6.10 Å². The Bertz CT molecular complexity index is 596. The molecule has 0 aliphatic heterocycles. The highest BCUT2D eigenvalue weighted by molar-refractivity contribution is 5.14. The molecule has 0 unspecified atom stereocenters. The molecule has 2 aromatic carbocycles. The second-order valence-electron chi connectivity index (χ2n) is 7.10. The number of hydrogen-bond acceptors (Lipinski definition) is 7. The fourth-order valence-corrected chi connectivity index (χ4v) is 2.69. The Morgan fingerprint density at radius 2 is 0.812 bits per heavy atom. The van der Waals surface area contributed by atoms with Gasteiger partial charge in [0.05, 0.1) is 79.3 Å². The van der Waals surface area contributed by atoms with Gasteiger partial charge in [0.15, 0.2) is 0 Å². The fraction of sp³-hybridized carbons (Fsp3) is 0.520. The molecule has 178 valence electrons. The Kier molecular flexibility index (Phi) is 15.4. The zero-order valence-electron chi connectivity index (χ0n) is 18.7. The first-order chi connectivity index (χ1) is 15.8. The summed E-state index contributed by atoms with van der Waals surface area (Å²) in [4.78, 5) is 0. The molecule has 0 atom stereocenters. The van der Waals surface area contributed by atoms with Crippen molar-refractivity contribution in [2.24, 2.45) is 0 Å². The Hall–Kier alpha value is -1.84. The van der Waals surface area contributed by atoms with E-state index >= 15 is 0 Å². The van der Waals surface area contributed by atoms with Crippen LogP contribution in [-0.4, -0.2) is 77.3 Å². The standard InChI is InChI=1S/C25H36O7/c26-25(21-31-17-13-27-11-15-29-19-23-7-3-1-4-8-23)22-32-18-14-28-12-16-30-20-24-9-5-2-6-10-24/h1-10,25-26H,11-22H2. The van der Waals surface area contributed by atoms with Crippen molar-refractivity contribution in [2.45, 2.75) is 19.3 Å². The molecule has 7 heteroatoms. The summed E-state index contributed by atoms with van der Waals surface area (Å²) in [5.74, 6) is 0. The molecule has 0 fully saturated rings. The zero-order valence-corrected chi connectivity index (χ0v) is 18.7. The summed E-state index contributed by atoms with van der Waals surface area (Å²) in [7, 11) is 0. The van der Waals surface area contributed by atoms with Gasteiger partial charge in [-0.1, -0.05) is 60.7 Å². The molecule has 0 saturated heterocycles. The summed E-state index contributed by atoms with van der Waals surface area (Å²) < 4.78 is 32.7. The fourth-order valence-electron chi connectivity index (χ4n) is 2.69. The van der Waals surface area contributed by atoms with Gasteiger partial charge in [-0.2, -0.15) is 0 Å². The van der Waals surface area contributed by atoms with Gasteiger partial charge in [-0.15, -0.1) is 0 Å². The molecule has 0 radical (unpaired) electrons. The molecule has 2 aromatic rings. The summed E-state index contributed by atoms with van der Waals surface area (Å²) in [5.41, 5.74) is 2.29. The van der Waals surface area contributed by atoms with E-state index in [-0.39, 0.29) is 13.2 Å². The van der Waals surface area contributed by atoms with E-state index in [2.05, 4.69) is 0 Å². The van der Waals surface area contributed by atoms with E-state index in [1.165, 1.54) is 0 Å². The van der Waals surface area contributed by atoms with Crippen molar-refractivity contribution in [1.82, 2.24) is 0 Å². The van der Waals surface area contributed by atoms with Gasteiger partial charge in [0.25, 0.3) is 0 Å². The van der Waals surface area contributed by atoms with E-state index in [0.717, 1.165) is 11.1 Å². The van der Waals surface area contributed by atoms with E-state index in [1.807, 2.05) is 60.7 Å². The molecule has 32 heavy (non-hydrogen) atoms. The minimum Gasteiger partial charge on any atom is -0.388 e. The number of aliphatic hydroxyl groups excluding tert-OH is 1. The maximum Gasteiger partial charge on any atom is 0.101 e. The third-order valence-corrected chi connectivity index (χ3v) is 4.33. The maximum absolute atomic E-state index is 9.84. The third kappa shape index (κ3) is 14.3. The minimum atomic E-state index is -0.668. The lowest BCUT2D eigenvalue weighted by atomic mass is 10.2. The van der Waals surface area contributed by atoms with Crippen LogP contribution in [0, 0.1) is 0 Å². The highest BCUT2D eigenvalue weighted by Gasteiger charge is 2.04. The van der Waals surface area contributed by atoms with Crippen molar-refractivity contribution in [3.05, 3.63) is 71.8 Å². The molecule has 0 amide bonds. The highest BCUT2D eigenvalue weighted by atomic mass is 16.6. The number of ether oxygens (including phenoxy) is 6. The normalized spacial score (nSPS) is 11.3. The predicted molar refractivity (Wildman–Crippen MR) is 121 cm³/mol. The molecular formula is C25H36O7. The summed E-state index contributed by atoms with van der Waals surface area (Å²) >= 11 is 0. The average Bonchev–Trinajstić information content (AvgIpc) is 2.83. The molecular weight excluding hydrogens is 412 g/mol. The van der Waals surface area contributed by atoms with E-state index in [9.17, 15) is 5.11 Å². The van der Waals surface area contributed by atoms with Crippen LogP contribution in [0.15, 0.2) is 60.7 Å². The Labute approximate surface area is 191 Å². The van der Waals surface area contributed by atoms with Crippen molar-refractivity contribution >= 4 is 0 Å². The zero-order chi connectivity index (χ0) is 22.5. The van der Waals surface area contributed by atoms with Crippen LogP contribution in [0.5, 0.6) is 0 Å². The topological polar surface area (TPSA) is 75.6 Å². The van der Waals surface area contributed by atoms with Crippen LogP contribution < -0.4 is 0 Å². The number of aliphatic hydroxyl groups is 1. The molecule has 0 saturated carbocycles. The summed E-state index contributed by atoms with van der Waals surface area (Å²) in [6.07, 6.45) is -0.668. The first-order valence-corrected chi connectivity index (χ1v) is 11.1. The van der Waals surface area contributed by atoms with Crippen molar-refractivity contribution in [3.63, 3.8) is 0 Å². The van der Waals surface area contributed by atoms with Crippen LogP contribution in [-0.2, 0) is 41.6 Å². The largest absolute Gasteiger partial charge is 0.388 e. The van der Waals surface area contributed by atoms with Crippen LogP contribution in [0.2, 0.25) is 0 Å². The van der Waals surface area contributed by atoms with Crippen LogP contribution in [0.3, 0.4) is 0 Å². The first-order valence-electron chi connectivity index (χ1n) is 11.1. The Morgan fingerprint density at radius 1 is 0.469 bits per heavy atom. The molecule has 2 rings (SSSR count). The Morgan fingerprint density at radius 3 is 1.22 bits per heavy atom. The van der Waals surface area contributed by atoms with Gasteiger partial charge in [0, 0.05) is 0 Å². The lowest BCUT2D eigenvalue weighted by Gasteiger charge is -2.12. The first kappa shape index (κ1) is 26.4. The van der Waals surface area contributed by atoms with Crippen LogP contribution in [0.25, 0.3) is 0 Å². The van der Waals surface area contributed by atoms with Gasteiger partial charge < -0.3 is 33.5 Å². The van der Waals surface area contributed by atoms with Crippen molar-refractivity contribution < 1.29 is 33.5 Å². The van der Waals surface area contributed by atoms with Crippen molar-refractivity contribution in [1.29, 1.82) is 0 Å². The van der Waals surface area contributed by atoms with Crippen molar-refractivity contribution in [2.75, 3.05) is 66.1 Å². The molecule has 0 aromatic heterocycles. The van der Waals surface area contributed by atoms with Crippen molar-refractivity contribution in [3.8, 4) is 0 Å². The predicted octanol–water partition coefficient (Wildman–Crippen LogP) is 2.85. The van der Waals surface area contributed by atoms with E-state index in [0.29, 0.717) is 66.1 Å². The highest BCUT2D eigenvalue weighted by Crippen LogP contribution is 2.01. The van der Waals surface area contributed by atoms with E-state index in [4.69, 9.17) is 28.4 Å². The number of rotatable bonds is 20. The van der Waals surface area contributed by atoms with Crippen LogP contribution >= 0.6 is 0 Å². The molecule has 0 spiro atoms. The summed E-state index contributed by atoms with van der Waals surface area (Å²) in [6, 6.07) is 20.0. The lowest BCUT2D eigenvalue weighted by molar-refractivity contribution is -0.0476. The second-order valence-corrected chi connectivity index (χ2v) is 7.10. The summed E-state index contributed by atoms with van der Waals surface area (Å²) in [5, 5.41) is 9.84. The van der Waals surface area contributed by atoms with E-state index in [1.54, 1.807) is 0 Å². The maximum atomic E-state index is 9.84. The Balaban J connectivity index is 1.27. The van der Waals surface area contributed by atoms with Gasteiger partial charge in [0.2, 0.25) is 0 Å². The SMILES string of the molecule is OC(COCCOCCOCc1ccccc1)COCCOCCOCc1ccccc1. The van der Waals surface area contributed by atoms with Crippen LogP contribution in [0.1, 0.15) is 11.1 Å². The van der Waals surface area contributed by atoms with Gasteiger partial charge in [0.1, 0.15) is 6.10 Å². The molecule has 0 aliphatic carbocycles. The minimum absolute atomic E-state index is 0.210. The number of benzene rings is 2. The molecule has 7 nitrogen and oxygen atoms in total. The van der Waals surface area contributed by atoms with Gasteiger partial charge in [-0.3, -0.25) is 0 Å². The smallest absolute Gasteiger partial charge is 0.101 e. The van der Waals surface area contributed by atoms with Gasteiger partial charge in [-0.05, 0) is 11.1 Å².